The number of nitrogens with two attached hydrogens (primary N) is 1. The summed E-state index contributed by atoms with van der Waals surface area (Å²) in [4.78, 5) is 23.4. The topological polar surface area (TPSA) is 72.6 Å². The van der Waals surface area contributed by atoms with Gasteiger partial charge in [-0.1, -0.05) is 6.92 Å². The summed E-state index contributed by atoms with van der Waals surface area (Å²) < 4.78 is 4.75. The lowest BCUT2D eigenvalue weighted by atomic mass is 9.84. The minimum absolute atomic E-state index is 0.399. The molecule has 1 aliphatic rings. The summed E-state index contributed by atoms with van der Waals surface area (Å²) >= 11 is 0. The van der Waals surface area contributed by atoms with E-state index in [1.165, 1.54) is 0 Å². The van der Waals surface area contributed by atoms with Gasteiger partial charge in [0.05, 0.1) is 6.61 Å². The summed E-state index contributed by atoms with van der Waals surface area (Å²) in [7, 11) is 0. The van der Waals surface area contributed by atoms with Crippen LogP contribution in [0, 0.1) is 5.92 Å². The average molecular weight is 256 g/mol. The van der Waals surface area contributed by atoms with E-state index < -0.39 is 6.09 Å². The molecule has 1 rings (SSSR count). The zero-order valence-electron chi connectivity index (χ0n) is 11.1. The van der Waals surface area contributed by atoms with Crippen LogP contribution < -0.4 is 5.73 Å². The number of primary amides is 1. The summed E-state index contributed by atoms with van der Waals surface area (Å²) in [5, 5.41) is 0. The molecule has 1 saturated carbocycles. The van der Waals surface area contributed by atoms with Gasteiger partial charge in [0.25, 0.3) is 0 Å². The van der Waals surface area contributed by atoms with Crippen LogP contribution in [-0.4, -0.2) is 36.6 Å². The van der Waals surface area contributed by atoms with Crippen LogP contribution in [0.2, 0.25) is 0 Å². The van der Waals surface area contributed by atoms with Crippen molar-refractivity contribution in [1.29, 1.82) is 0 Å². The van der Waals surface area contributed by atoms with Gasteiger partial charge in [-0.25, -0.2) is 4.79 Å². The number of hydrogen-bond acceptors (Lipinski definition) is 3. The number of nitrogens with zero attached hydrogens (tertiary/aromatic N) is 1. The van der Waals surface area contributed by atoms with E-state index in [1.807, 2.05) is 4.90 Å². The third kappa shape index (κ3) is 4.94. The van der Waals surface area contributed by atoms with Gasteiger partial charge in [0.15, 0.2) is 0 Å². The Morgan fingerprint density at radius 2 is 2.06 bits per heavy atom. The minimum atomic E-state index is -0.696. The maximum Gasteiger partial charge on any atom is 0.404 e. The first-order chi connectivity index (χ1) is 8.67. The van der Waals surface area contributed by atoms with E-state index in [4.69, 9.17) is 10.5 Å². The van der Waals surface area contributed by atoms with Crippen LogP contribution in [0.1, 0.15) is 45.4 Å². The fraction of sp³-hybridized carbons (Fsp3) is 0.846. The fourth-order valence-corrected chi connectivity index (χ4v) is 2.67. The van der Waals surface area contributed by atoms with Crippen molar-refractivity contribution < 1.29 is 14.3 Å². The number of hydrogen-bond donors (Lipinski definition) is 1. The van der Waals surface area contributed by atoms with Gasteiger partial charge < -0.3 is 15.4 Å². The maximum absolute atomic E-state index is 11.0. The zero-order chi connectivity index (χ0) is 13.4. The molecule has 0 atom stereocenters. The Morgan fingerprint density at radius 1 is 1.39 bits per heavy atom. The van der Waals surface area contributed by atoms with Crippen LogP contribution in [0.25, 0.3) is 0 Å². The van der Waals surface area contributed by atoms with Gasteiger partial charge in [0.1, 0.15) is 0 Å². The lowest BCUT2D eigenvalue weighted by Gasteiger charge is -2.34. The highest BCUT2D eigenvalue weighted by Gasteiger charge is 2.24. The Balaban J connectivity index is 2.23. The Labute approximate surface area is 109 Å². The largest absolute Gasteiger partial charge is 0.450 e. The average Bonchev–Trinajstić information content (AvgIpc) is 2.36. The standard InChI is InChI=1S/C13H24N2O3/c1-2-8-15(10-16)12-5-3-11(4-6-12)7-9-18-13(14)17/h10-12H,2-9H2,1H3,(H2,14,17). The monoisotopic (exact) mass is 256 g/mol. The van der Waals surface area contributed by atoms with E-state index >= 15 is 0 Å². The van der Waals surface area contributed by atoms with Gasteiger partial charge in [-0.3, -0.25) is 4.79 Å². The molecule has 0 aromatic carbocycles. The van der Waals surface area contributed by atoms with Crippen LogP contribution in [0.3, 0.4) is 0 Å². The minimum Gasteiger partial charge on any atom is -0.450 e. The van der Waals surface area contributed by atoms with Crippen molar-refractivity contribution in [1.82, 2.24) is 4.90 Å². The second kappa shape index (κ2) is 7.95. The van der Waals surface area contributed by atoms with Gasteiger partial charge in [-0.15, -0.1) is 0 Å². The molecule has 0 saturated heterocycles. The van der Waals surface area contributed by atoms with Crippen LogP contribution >= 0.6 is 0 Å². The number of rotatable bonds is 7. The van der Waals surface area contributed by atoms with Gasteiger partial charge in [-0.2, -0.15) is 0 Å². The first-order valence-corrected chi connectivity index (χ1v) is 6.80. The Hall–Kier alpha value is -1.26. The van der Waals surface area contributed by atoms with E-state index in [1.54, 1.807) is 0 Å². The van der Waals surface area contributed by atoms with Crippen molar-refractivity contribution in [3.8, 4) is 0 Å². The lowest BCUT2D eigenvalue weighted by molar-refractivity contribution is -0.121. The summed E-state index contributed by atoms with van der Waals surface area (Å²) in [6, 6.07) is 0.399. The van der Waals surface area contributed by atoms with E-state index in [-0.39, 0.29) is 0 Å². The highest BCUT2D eigenvalue weighted by molar-refractivity contribution is 5.64. The van der Waals surface area contributed by atoms with Gasteiger partial charge in [0.2, 0.25) is 6.41 Å². The molecule has 0 aromatic heterocycles. The molecule has 2 N–H and O–H groups in total. The quantitative estimate of drug-likeness (QED) is 0.707. The van der Waals surface area contributed by atoms with Crippen molar-refractivity contribution in [2.24, 2.45) is 11.7 Å². The third-order valence-corrected chi connectivity index (χ3v) is 3.67. The van der Waals surface area contributed by atoms with Crippen molar-refractivity contribution in [2.45, 2.75) is 51.5 Å². The van der Waals surface area contributed by atoms with Gasteiger partial charge in [0, 0.05) is 12.6 Å². The Bertz CT molecular complexity index is 263. The smallest absolute Gasteiger partial charge is 0.404 e. The molecule has 0 unspecified atom stereocenters. The van der Waals surface area contributed by atoms with Gasteiger partial charge in [-0.05, 0) is 44.4 Å². The van der Waals surface area contributed by atoms with Crippen molar-refractivity contribution in [3.63, 3.8) is 0 Å². The highest BCUT2D eigenvalue weighted by Crippen LogP contribution is 2.29. The molecule has 5 heteroatoms. The van der Waals surface area contributed by atoms with Crippen LogP contribution in [0.4, 0.5) is 4.79 Å². The normalized spacial score (nSPS) is 23.4. The third-order valence-electron chi connectivity index (χ3n) is 3.67. The SMILES string of the molecule is CCCN(C=O)C1CCC(CCOC(N)=O)CC1. The molecule has 0 radical (unpaired) electrons. The number of amides is 2. The molecule has 104 valence electrons. The van der Waals surface area contributed by atoms with E-state index in [2.05, 4.69) is 6.92 Å². The number of ether oxygens (including phenoxy) is 1. The van der Waals surface area contributed by atoms with Crippen LogP contribution in [-0.2, 0) is 9.53 Å². The summed E-state index contributed by atoms with van der Waals surface area (Å²) in [6.45, 7) is 3.35. The van der Waals surface area contributed by atoms with Crippen LogP contribution in [0.15, 0.2) is 0 Å². The first-order valence-electron chi connectivity index (χ1n) is 6.80. The van der Waals surface area contributed by atoms with Gasteiger partial charge >= 0.3 is 6.09 Å². The molecule has 0 bridgehead atoms. The second-order valence-corrected chi connectivity index (χ2v) is 4.97. The highest BCUT2D eigenvalue weighted by atomic mass is 16.5. The number of carbonyl (C=O) groups excluding carboxylic acids is 2. The fourth-order valence-electron chi connectivity index (χ4n) is 2.67. The predicted molar refractivity (Wildman–Crippen MR) is 69.0 cm³/mol. The van der Waals surface area contributed by atoms with Crippen LogP contribution in [0.5, 0.6) is 0 Å². The lowest BCUT2D eigenvalue weighted by Crippen LogP contribution is -2.37. The summed E-state index contributed by atoms with van der Waals surface area (Å²) in [5.41, 5.74) is 4.91. The van der Waals surface area contributed by atoms with E-state index in [9.17, 15) is 9.59 Å². The Morgan fingerprint density at radius 3 is 2.56 bits per heavy atom. The molecule has 1 aliphatic carbocycles. The summed E-state index contributed by atoms with van der Waals surface area (Å²) in [5.74, 6) is 0.593. The maximum atomic E-state index is 11.0. The second-order valence-electron chi connectivity index (χ2n) is 4.97. The predicted octanol–water partition coefficient (Wildman–Crippen LogP) is 1.90. The Kier molecular flexibility index (Phi) is 6.54. The summed E-state index contributed by atoms with van der Waals surface area (Å²) in [6.07, 6.45) is 6.47. The van der Waals surface area contributed by atoms with E-state index in [0.717, 1.165) is 51.5 Å². The molecule has 18 heavy (non-hydrogen) atoms. The molecular formula is C13H24N2O3. The molecule has 1 fully saturated rings. The molecule has 0 spiro atoms. The zero-order valence-corrected chi connectivity index (χ0v) is 11.1. The molecule has 0 aromatic rings. The van der Waals surface area contributed by atoms with E-state index in [0.29, 0.717) is 18.6 Å². The van der Waals surface area contributed by atoms with Crippen molar-refractivity contribution >= 4 is 12.5 Å². The number of carbonyl (C=O) groups is 2. The molecular weight excluding hydrogens is 232 g/mol. The molecule has 0 aliphatic heterocycles. The van der Waals surface area contributed by atoms with Crippen molar-refractivity contribution in [2.75, 3.05) is 13.2 Å². The van der Waals surface area contributed by atoms with Crippen molar-refractivity contribution in [3.05, 3.63) is 0 Å². The molecule has 2 amide bonds. The molecule has 5 nitrogen and oxygen atoms in total. The molecule has 0 heterocycles. The first kappa shape index (κ1) is 14.8.